The van der Waals surface area contributed by atoms with Gasteiger partial charge >= 0.3 is 5.97 Å². The standard InChI is InChI=1S/C12H9ClFNO3/c1-2-9-10(12(16)17)11(15-18-9)6-3-7(13)5-8(14)4-6/h3-5H,2H2,1H3,(H,16,17). The number of halogens is 2. The second-order valence-corrected chi connectivity index (χ2v) is 4.08. The summed E-state index contributed by atoms with van der Waals surface area (Å²) in [5, 5.41) is 13.0. The van der Waals surface area contributed by atoms with Crippen molar-refractivity contribution in [2.24, 2.45) is 0 Å². The molecule has 0 spiro atoms. The molecule has 1 heterocycles. The van der Waals surface area contributed by atoms with Gasteiger partial charge in [0.1, 0.15) is 17.1 Å². The number of hydrogen-bond acceptors (Lipinski definition) is 3. The summed E-state index contributed by atoms with van der Waals surface area (Å²) in [6.45, 7) is 1.75. The highest BCUT2D eigenvalue weighted by Gasteiger charge is 2.22. The zero-order valence-corrected chi connectivity index (χ0v) is 10.2. The Labute approximate surface area is 107 Å². The average molecular weight is 270 g/mol. The van der Waals surface area contributed by atoms with E-state index in [4.69, 9.17) is 21.2 Å². The molecule has 0 saturated carbocycles. The Hall–Kier alpha value is -1.88. The summed E-state index contributed by atoms with van der Waals surface area (Å²) in [4.78, 5) is 11.2. The Morgan fingerprint density at radius 2 is 2.22 bits per heavy atom. The third kappa shape index (κ3) is 2.22. The van der Waals surface area contributed by atoms with Crippen LogP contribution in [0.2, 0.25) is 5.02 Å². The molecule has 0 fully saturated rings. The first-order chi connectivity index (χ1) is 8.52. The van der Waals surface area contributed by atoms with Gasteiger partial charge in [0.25, 0.3) is 0 Å². The molecule has 18 heavy (non-hydrogen) atoms. The van der Waals surface area contributed by atoms with Crippen molar-refractivity contribution in [3.05, 3.63) is 40.4 Å². The van der Waals surface area contributed by atoms with E-state index in [-0.39, 0.29) is 27.6 Å². The Bertz CT molecular complexity index is 589. The van der Waals surface area contributed by atoms with E-state index < -0.39 is 11.8 Å². The predicted octanol–water partition coefficient (Wildman–Crippen LogP) is 3.39. The van der Waals surface area contributed by atoms with E-state index in [0.29, 0.717) is 6.42 Å². The van der Waals surface area contributed by atoms with Crippen molar-refractivity contribution in [3.63, 3.8) is 0 Å². The highest BCUT2D eigenvalue weighted by molar-refractivity contribution is 6.30. The predicted molar refractivity (Wildman–Crippen MR) is 63.2 cm³/mol. The quantitative estimate of drug-likeness (QED) is 0.927. The second-order valence-electron chi connectivity index (χ2n) is 3.65. The molecule has 1 aromatic heterocycles. The molecule has 1 aromatic carbocycles. The molecular formula is C12H9ClFNO3. The second kappa shape index (κ2) is 4.78. The third-order valence-corrected chi connectivity index (χ3v) is 2.65. The minimum absolute atomic E-state index is 0.0563. The molecule has 2 rings (SSSR count). The summed E-state index contributed by atoms with van der Waals surface area (Å²) < 4.78 is 18.2. The van der Waals surface area contributed by atoms with Crippen molar-refractivity contribution in [1.82, 2.24) is 5.16 Å². The molecule has 1 N–H and O–H groups in total. The smallest absolute Gasteiger partial charge is 0.341 e. The van der Waals surface area contributed by atoms with Crippen molar-refractivity contribution in [3.8, 4) is 11.3 Å². The van der Waals surface area contributed by atoms with Gasteiger partial charge in [0, 0.05) is 17.0 Å². The van der Waals surface area contributed by atoms with Crippen molar-refractivity contribution in [2.45, 2.75) is 13.3 Å². The van der Waals surface area contributed by atoms with E-state index in [1.807, 2.05) is 0 Å². The highest BCUT2D eigenvalue weighted by Crippen LogP contribution is 2.28. The van der Waals surface area contributed by atoms with Crippen molar-refractivity contribution in [2.75, 3.05) is 0 Å². The summed E-state index contributed by atoms with van der Waals surface area (Å²) in [7, 11) is 0. The lowest BCUT2D eigenvalue weighted by Gasteiger charge is -2.00. The number of carbonyl (C=O) groups is 1. The minimum atomic E-state index is -1.16. The first-order valence-corrected chi connectivity index (χ1v) is 5.59. The number of aromatic nitrogens is 1. The minimum Gasteiger partial charge on any atom is -0.477 e. The van der Waals surface area contributed by atoms with Crippen LogP contribution in [0.1, 0.15) is 23.0 Å². The van der Waals surface area contributed by atoms with Crippen LogP contribution in [-0.2, 0) is 6.42 Å². The highest BCUT2D eigenvalue weighted by atomic mass is 35.5. The van der Waals surface area contributed by atoms with Crippen molar-refractivity contribution in [1.29, 1.82) is 0 Å². The molecule has 0 atom stereocenters. The van der Waals surface area contributed by atoms with E-state index in [0.717, 1.165) is 12.1 Å². The van der Waals surface area contributed by atoms with Gasteiger partial charge in [-0.2, -0.15) is 0 Å². The van der Waals surface area contributed by atoms with Crippen LogP contribution in [0.5, 0.6) is 0 Å². The zero-order valence-electron chi connectivity index (χ0n) is 9.41. The van der Waals surface area contributed by atoms with Crippen LogP contribution >= 0.6 is 11.6 Å². The summed E-state index contributed by atoms with van der Waals surface area (Å²) in [5.74, 6) is -1.48. The molecule has 0 aliphatic carbocycles. The summed E-state index contributed by atoms with van der Waals surface area (Å²) in [6, 6.07) is 3.73. The maximum Gasteiger partial charge on any atom is 0.341 e. The first-order valence-electron chi connectivity index (χ1n) is 5.21. The summed E-state index contributed by atoms with van der Waals surface area (Å²) in [5.41, 5.74) is 0.306. The molecule has 0 amide bonds. The lowest BCUT2D eigenvalue weighted by Crippen LogP contribution is -2.01. The molecule has 0 bridgehead atoms. The fourth-order valence-corrected chi connectivity index (χ4v) is 1.90. The topological polar surface area (TPSA) is 63.3 Å². The number of aromatic carboxylic acids is 1. The van der Waals surface area contributed by atoms with E-state index in [2.05, 4.69) is 5.16 Å². The van der Waals surface area contributed by atoms with Crippen LogP contribution in [0.25, 0.3) is 11.3 Å². The van der Waals surface area contributed by atoms with Gasteiger partial charge in [0.05, 0.1) is 0 Å². The lowest BCUT2D eigenvalue weighted by atomic mass is 10.1. The van der Waals surface area contributed by atoms with Gasteiger partial charge in [-0.1, -0.05) is 23.7 Å². The Morgan fingerprint density at radius 3 is 2.78 bits per heavy atom. The molecule has 2 aromatic rings. The maximum absolute atomic E-state index is 13.2. The van der Waals surface area contributed by atoms with E-state index in [1.165, 1.54) is 6.07 Å². The van der Waals surface area contributed by atoms with Crippen LogP contribution < -0.4 is 0 Å². The van der Waals surface area contributed by atoms with Crippen LogP contribution in [0.15, 0.2) is 22.7 Å². The first kappa shape index (κ1) is 12.6. The van der Waals surface area contributed by atoms with Gasteiger partial charge in [-0.3, -0.25) is 0 Å². The summed E-state index contributed by atoms with van der Waals surface area (Å²) >= 11 is 5.73. The fourth-order valence-electron chi connectivity index (χ4n) is 1.67. The molecule has 4 nitrogen and oxygen atoms in total. The molecule has 0 saturated heterocycles. The van der Waals surface area contributed by atoms with Gasteiger partial charge in [-0.25, -0.2) is 9.18 Å². The molecular weight excluding hydrogens is 261 g/mol. The van der Waals surface area contributed by atoms with E-state index in [1.54, 1.807) is 6.92 Å². The van der Waals surface area contributed by atoms with Gasteiger partial charge in [0.2, 0.25) is 0 Å². The summed E-state index contributed by atoms with van der Waals surface area (Å²) in [6.07, 6.45) is 0.387. The molecule has 0 aliphatic heterocycles. The fraction of sp³-hybridized carbons (Fsp3) is 0.167. The molecule has 0 unspecified atom stereocenters. The number of aryl methyl sites for hydroxylation is 1. The number of carboxylic acids is 1. The number of nitrogens with zero attached hydrogens (tertiary/aromatic N) is 1. The maximum atomic E-state index is 13.2. The van der Waals surface area contributed by atoms with E-state index in [9.17, 15) is 9.18 Å². The number of carboxylic acid groups (broad SMARTS) is 1. The van der Waals surface area contributed by atoms with Gasteiger partial charge in [-0.15, -0.1) is 0 Å². The van der Waals surface area contributed by atoms with Crippen LogP contribution in [0.4, 0.5) is 4.39 Å². The largest absolute Gasteiger partial charge is 0.477 e. The SMILES string of the molecule is CCc1onc(-c2cc(F)cc(Cl)c2)c1C(=O)O. The third-order valence-electron chi connectivity index (χ3n) is 2.43. The molecule has 0 aliphatic rings. The van der Waals surface area contributed by atoms with Gasteiger partial charge in [0.15, 0.2) is 5.76 Å². The van der Waals surface area contributed by atoms with Crippen molar-refractivity contribution >= 4 is 17.6 Å². The number of hydrogen-bond donors (Lipinski definition) is 1. The van der Waals surface area contributed by atoms with Gasteiger partial charge in [-0.05, 0) is 18.2 Å². The van der Waals surface area contributed by atoms with Crippen molar-refractivity contribution < 1.29 is 18.8 Å². The lowest BCUT2D eigenvalue weighted by molar-refractivity contribution is 0.0695. The normalized spacial score (nSPS) is 10.6. The molecule has 94 valence electrons. The number of benzene rings is 1. The van der Waals surface area contributed by atoms with Crippen LogP contribution in [0.3, 0.4) is 0 Å². The number of rotatable bonds is 3. The zero-order chi connectivity index (χ0) is 13.3. The monoisotopic (exact) mass is 269 g/mol. The molecule has 6 heteroatoms. The van der Waals surface area contributed by atoms with E-state index >= 15 is 0 Å². The van der Waals surface area contributed by atoms with Crippen LogP contribution in [0, 0.1) is 5.82 Å². The Balaban J connectivity index is 2.63. The Kier molecular flexibility index (Phi) is 3.34. The Morgan fingerprint density at radius 1 is 1.50 bits per heavy atom. The van der Waals surface area contributed by atoms with Crippen LogP contribution in [-0.4, -0.2) is 16.2 Å². The average Bonchev–Trinajstić information content (AvgIpc) is 2.71. The van der Waals surface area contributed by atoms with Gasteiger partial charge < -0.3 is 9.63 Å². The molecule has 0 radical (unpaired) electrons.